The van der Waals surface area contributed by atoms with Crippen molar-refractivity contribution in [2.24, 2.45) is 17.3 Å². The lowest BCUT2D eigenvalue weighted by atomic mass is 9.55. The number of benzene rings is 1. The predicted molar refractivity (Wildman–Crippen MR) is 122 cm³/mol. The molecule has 36 heavy (non-hydrogen) atoms. The summed E-state index contributed by atoms with van der Waals surface area (Å²) in [5.41, 5.74) is 1.93. The van der Waals surface area contributed by atoms with E-state index in [1.165, 1.54) is 5.56 Å². The Labute approximate surface area is 208 Å². The van der Waals surface area contributed by atoms with Crippen LogP contribution in [0.5, 0.6) is 5.75 Å². The van der Waals surface area contributed by atoms with Gasteiger partial charge in [-0.25, -0.2) is 8.98 Å². The van der Waals surface area contributed by atoms with E-state index < -0.39 is 53.2 Å². The van der Waals surface area contributed by atoms with Crippen LogP contribution in [0.3, 0.4) is 0 Å². The summed E-state index contributed by atoms with van der Waals surface area (Å²) in [6.45, 7) is 2.06. The number of hydrogen-bond donors (Lipinski definition) is 5. The SMILES string of the molecule is C[C@]12CCC3c4ccc(OC5O[C@H](C(=O)O)[C@@H](O)[C@H](O)[C@H]5O)cc4CCC3C1CC[C@@H]2OS(=O)(=O)O. The summed E-state index contributed by atoms with van der Waals surface area (Å²) in [6.07, 6.45) is -4.17. The molecule has 1 aromatic carbocycles. The van der Waals surface area contributed by atoms with Gasteiger partial charge in [0.1, 0.15) is 24.1 Å². The first kappa shape index (κ1) is 25.8. The van der Waals surface area contributed by atoms with Gasteiger partial charge >= 0.3 is 16.4 Å². The van der Waals surface area contributed by atoms with Crippen molar-refractivity contribution < 1.29 is 51.8 Å². The van der Waals surface area contributed by atoms with E-state index in [1.54, 1.807) is 6.07 Å². The number of aliphatic hydroxyl groups is 3. The molecule has 0 amide bonds. The Kier molecular flexibility index (Phi) is 6.60. The van der Waals surface area contributed by atoms with E-state index in [0.29, 0.717) is 18.1 Å². The standard InChI is InChI=1S/C24H32O11S/c1-24-9-8-14-13-5-3-12(33-23-20(27)18(25)19(26)21(34-23)22(28)29)10-11(13)2-4-15(14)16(24)6-7-17(24)35-36(30,31)32/h3,5,10,14-21,23,25-27H,2,4,6-9H2,1H3,(H,28,29)(H,30,31,32)/t14?,15?,16?,17-,18-,19-,20+,21-,23?,24-/m0/s1. The van der Waals surface area contributed by atoms with Gasteiger partial charge in [-0.05, 0) is 85.0 Å². The van der Waals surface area contributed by atoms with Crippen molar-refractivity contribution in [2.45, 2.75) is 88.2 Å². The first-order chi connectivity index (χ1) is 16.9. The molecule has 1 aromatic rings. The molecule has 0 bridgehead atoms. The van der Waals surface area contributed by atoms with Crippen molar-refractivity contribution in [2.75, 3.05) is 0 Å². The lowest BCUT2D eigenvalue weighted by Crippen LogP contribution is -2.61. The Bertz CT molecular complexity index is 1120. The second kappa shape index (κ2) is 9.19. The van der Waals surface area contributed by atoms with Crippen LogP contribution in [-0.4, -0.2) is 76.2 Å². The molecule has 3 fully saturated rings. The van der Waals surface area contributed by atoms with Crippen LogP contribution in [0, 0.1) is 17.3 Å². The smallest absolute Gasteiger partial charge is 0.397 e. The van der Waals surface area contributed by atoms with Crippen LogP contribution >= 0.6 is 0 Å². The van der Waals surface area contributed by atoms with E-state index in [-0.39, 0.29) is 17.3 Å². The number of fused-ring (bicyclic) bond motifs is 5. The summed E-state index contributed by atoms with van der Waals surface area (Å²) in [5.74, 6) is -0.200. The highest BCUT2D eigenvalue weighted by Crippen LogP contribution is 2.61. The molecule has 0 aromatic heterocycles. The summed E-state index contributed by atoms with van der Waals surface area (Å²) in [6, 6.07) is 5.51. The van der Waals surface area contributed by atoms with Gasteiger partial charge in [0.15, 0.2) is 6.10 Å². The largest absolute Gasteiger partial charge is 0.479 e. The number of rotatable bonds is 5. The first-order valence-corrected chi connectivity index (χ1v) is 13.6. The minimum absolute atomic E-state index is 0.277. The van der Waals surface area contributed by atoms with Gasteiger partial charge in [0, 0.05) is 0 Å². The number of aliphatic hydroxyl groups excluding tert-OH is 3. The molecule has 4 unspecified atom stereocenters. The highest BCUT2D eigenvalue weighted by molar-refractivity contribution is 7.80. The summed E-state index contributed by atoms with van der Waals surface area (Å²) in [7, 11) is -4.51. The molecule has 1 aliphatic heterocycles. The Morgan fingerprint density at radius 2 is 1.83 bits per heavy atom. The van der Waals surface area contributed by atoms with Crippen molar-refractivity contribution in [3.63, 3.8) is 0 Å². The molecule has 2 saturated carbocycles. The van der Waals surface area contributed by atoms with Crippen LogP contribution in [0.2, 0.25) is 0 Å². The van der Waals surface area contributed by atoms with Crippen LogP contribution < -0.4 is 4.74 Å². The molecule has 10 atom stereocenters. The molecule has 5 rings (SSSR count). The zero-order valence-corrected chi connectivity index (χ0v) is 20.6. The third kappa shape index (κ3) is 4.42. The fraction of sp³-hybridized carbons (Fsp3) is 0.708. The second-order valence-corrected chi connectivity index (χ2v) is 11.8. The summed E-state index contributed by atoms with van der Waals surface area (Å²) in [4.78, 5) is 11.3. The molecule has 0 spiro atoms. The monoisotopic (exact) mass is 528 g/mol. The maximum atomic E-state index is 11.4. The van der Waals surface area contributed by atoms with E-state index in [0.717, 1.165) is 37.7 Å². The number of carbonyl (C=O) groups is 1. The number of carboxylic acids is 1. The average molecular weight is 529 g/mol. The highest BCUT2D eigenvalue weighted by Gasteiger charge is 2.56. The van der Waals surface area contributed by atoms with Gasteiger partial charge in [-0.1, -0.05) is 13.0 Å². The topological polar surface area (TPSA) is 180 Å². The van der Waals surface area contributed by atoms with Crippen LogP contribution in [0.25, 0.3) is 0 Å². The fourth-order valence-corrected chi connectivity index (χ4v) is 7.78. The number of ether oxygens (including phenoxy) is 2. The zero-order valence-electron chi connectivity index (χ0n) is 19.8. The number of aliphatic carboxylic acids is 1. The normalized spacial score (nSPS) is 42.2. The van der Waals surface area contributed by atoms with Gasteiger partial charge in [-0.15, -0.1) is 0 Å². The van der Waals surface area contributed by atoms with Crippen LogP contribution in [0.15, 0.2) is 18.2 Å². The van der Waals surface area contributed by atoms with Crippen molar-refractivity contribution in [3.8, 4) is 5.75 Å². The molecule has 5 N–H and O–H groups in total. The number of aryl methyl sites for hydroxylation is 1. The van der Waals surface area contributed by atoms with Gasteiger partial charge in [0.2, 0.25) is 6.29 Å². The summed E-state index contributed by atoms with van der Waals surface area (Å²) >= 11 is 0. The second-order valence-electron chi connectivity index (χ2n) is 10.8. The van der Waals surface area contributed by atoms with Crippen molar-refractivity contribution in [1.82, 2.24) is 0 Å². The van der Waals surface area contributed by atoms with Gasteiger partial charge < -0.3 is 29.9 Å². The molecule has 1 saturated heterocycles. The third-order valence-corrected chi connectivity index (χ3v) is 9.39. The Morgan fingerprint density at radius 3 is 2.53 bits per heavy atom. The first-order valence-electron chi connectivity index (χ1n) is 12.3. The van der Waals surface area contributed by atoms with E-state index >= 15 is 0 Å². The molecule has 11 nitrogen and oxygen atoms in total. The van der Waals surface area contributed by atoms with E-state index in [2.05, 4.69) is 6.92 Å². The van der Waals surface area contributed by atoms with Gasteiger partial charge in [-0.2, -0.15) is 8.42 Å². The average Bonchev–Trinajstić information content (AvgIpc) is 3.13. The van der Waals surface area contributed by atoms with Gasteiger partial charge in [0.05, 0.1) is 6.10 Å². The minimum Gasteiger partial charge on any atom is -0.479 e. The molecule has 1 heterocycles. The van der Waals surface area contributed by atoms with Crippen molar-refractivity contribution in [3.05, 3.63) is 29.3 Å². The zero-order chi connectivity index (χ0) is 26.0. The van der Waals surface area contributed by atoms with Crippen LogP contribution in [0.1, 0.15) is 56.1 Å². The fourth-order valence-electron chi connectivity index (χ4n) is 7.17. The molecular weight excluding hydrogens is 496 g/mol. The van der Waals surface area contributed by atoms with E-state index in [4.69, 9.17) is 13.7 Å². The molecule has 200 valence electrons. The third-order valence-electron chi connectivity index (χ3n) is 8.91. The summed E-state index contributed by atoms with van der Waals surface area (Å²) in [5, 5.41) is 39.4. The Morgan fingerprint density at radius 1 is 1.08 bits per heavy atom. The lowest BCUT2D eigenvalue weighted by Gasteiger charge is -2.50. The highest BCUT2D eigenvalue weighted by atomic mass is 32.3. The Balaban J connectivity index is 1.32. The van der Waals surface area contributed by atoms with Crippen LogP contribution in [0.4, 0.5) is 0 Å². The quantitative estimate of drug-likeness (QED) is 0.344. The lowest BCUT2D eigenvalue weighted by molar-refractivity contribution is -0.271. The molecule has 4 aliphatic rings. The maximum Gasteiger partial charge on any atom is 0.397 e. The maximum absolute atomic E-state index is 11.4. The van der Waals surface area contributed by atoms with Gasteiger partial charge in [-0.3, -0.25) is 4.55 Å². The predicted octanol–water partition coefficient (Wildman–Crippen LogP) is 1.00. The van der Waals surface area contributed by atoms with Crippen LogP contribution in [-0.2, 0) is 30.5 Å². The van der Waals surface area contributed by atoms with E-state index in [9.17, 15) is 38.2 Å². The minimum atomic E-state index is -4.51. The van der Waals surface area contributed by atoms with Crippen molar-refractivity contribution >= 4 is 16.4 Å². The number of carboxylic acid groups (broad SMARTS) is 1. The number of hydrogen-bond acceptors (Lipinski definition) is 9. The molecule has 0 radical (unpaired) electrons. The summed E-state index contributed by atoms with van der Waals surface area (Å²) < 4.78 is 48.0. The van der Waals surface area contributed by atoms with Crippen molar-refractivity contribution in [1.29, 1.82) is 0 Å². The molecule has 3 aliphatic carbocycles. The van der Waals surface area contributed by atoms with Gasteiger partial charge in [0.25, 0.3) is 0 Å². The van der Waals surface area contributed by atoms with E-state index in [1.807, 2.05) is 12.1 Å². The molecular formula is C24H32O11S. The molecule has 12 heteroatoms. The Hall–Kier alpha value is -1.80.